The number of carbonyl (C=O) groups is 1. The van der Waals surface area contributed by atoms with E-state index in [0.717, 1.165) is 36.4 Å². The van der Waals surface area contributed by atoms with Gasteiger partial charge in [0.25, 0.3) is 11.6 Å². The highest BCUT2D eigenvalue weighted by molar-refractivity contribution is 5.95. The maximum Gasteiger partial charge on any atom is 0.416 e. The normalized spacial score (nSPS) is 12.3. The smallest absolute Gasteiger partial charge is 0.339 e. The molecule has 0 aliphatic carbocycles. The van der Waals surface area contributed by atoms with E-state index in [4.69, 9.17) is 0 Å². The molecule has 154 valence electrons. The number of nitrogens with one attached hydrogen (secondary N) is 1. The van der Waals surface area contributed by atoms with Crippen LogP contribution in [0.3, 0.4) is 0 Å². The van der Waals surface area contributed by atoms with E-state index in [0.29, 0.717) is 0 Å². The van der Waals surface area contributed by atoms with Crippen LogP contribution in [0.5, 0.6) is 0 Å². The number of nitro benzene ring substituents is 1. The number of pyridine rings is 1. The van der Waals surface area contributed by atoms with Crippen LogP contribution in [0, 0.1) is 15.9 Å². The predicted octanol–water partition coefficient (Wildman–Crippen LogP) is 4.67. The first-order valence-electron chi connectivity index (χ1n) is 8.49. The Balaban J connectivity index is 1.99. The molecule has 0 spiro atoms. The SMILES string of the molecule is O=C(N[C@@H](c1ccc(C(F)(F)F)cc1)c1ncccc1F)c1cccc([N+](=O)[O-])c1. The van der Waals surface area contributed by atoms with E-state index in [-0.39, 0.29) is 22.5 Å². The highest BCUT2D eigenvalue weighted by Crippen LogP contribution is 2.31. The highest BCUT2D eigenvalue weighted by atomic mass is 19.4. The monoisotopic (exact) mass is 419 g/mol. The number of carbonyl (C=O) groups excluding carboxylic acids is 1. The van der Waals surface area contributed by atoms with Gasteiger partial charge >= 0.3 is 6.18 Å². The molecule has 6 nitrogen and oxygen atoms in total. The Bertz CT molecular complexity index is 1090. The second kappa shape index (κ2) is 8.27. The summed E-state index contributed by atoms with van der Waals surface area (Å²) >= 11 is 0. The zero-order valence-corrected chi connectivity index (χ0v) is 15.1. The fourth-order valence-electron chi connectivity index (χ4n) is 2.76. The van der Waals surface area contributed by atoms with Crippen molar-refractivity contribution in [2.24, 2.45) is 0 Å². The van der Waals surface area contributed by atoms with Gasteiger partial charge in [-0.2, -0.15) is 13.2 Å². The van der Waals surface area contributed by atoms with Crippen LogP contribution in [0.2, 0.25) is 0 Å². The van der Waals surface area contributed by atoms with Gasteiger partial charge in [0.05, 0.1) is 16.5 Å². The number of rotatable bonds is 5. The minimum Gasteiger partial charge on any atom is -0.339 e. The first kappa shape index (κ1) is 20.9. The molecule has 10 heteroatoms. The van der Waals surface area contributed by atoms with E-state index < -0.39 is 34.4 Å². The van der Waals surface area contributed by atoms with Crippen molar-refractivity contribution in [3.8, 4) is 0 Å². The zero-order chi connectivity index (χ0) is 21.9. The Hall–Kier alpha value is -3.82. The fraction of sp³-hybridized carbons (Fsp3) is 0.100. The van der Waals surface area contributed by atoms with E-state index in [2.05, 4.69) is 10.3 Å². The van der Waals surface area contributed by atoms with E-state index >= 15 is 0 Å². The largest absolute Gasteiger partial charge is 0.416 e. The lowest BCUT2D eigenvalue weighted by molar-refractivity contribution is -0.384. The number of nitrogens with zero attached hydrogens (tertiary/aromatic N) is 2. The van der Waals surface area contributed by atoms with Crippen LogP contribution in [-0.2, 0) is 6.18 Å². The van der Waals surface area contributed by atoms with Crippen molar-refractivity contribution in [2.45, 2.75) is 12.2 Å². The van der Waals surface area contributed by atoms with Gasteiger partial charge in [0, 0.05) is 23.9 Å². The van der Waals surface area contributed by atoms with Crippen LogP contribution < -0.4 is 5.32 Å². The molecule has 0 saturated heterocycles. The number of alkyl halides is 3. The summed E-state index contributed by atoms with van der Waals surface area (Å²) in [6.45, 7) is 0. The molecule has 3 rings (SSSR count). The van der Waals surface area contributed by atoms with Crippen molar-refractivity contribution in [3.63, 3.8) is 0 Å². The molecule has 0 bridgehead atoms. The maximum atomic E-state index is 14.3. The topological polar surface area (TPSA) is 85.1 Å². The van der Waals surface area contributed by atoms with Gasteiger partial charge in [-0.3, -0.25) is 19.9 Å². The van der Waals surface area contributed by atoms with E-state index in [1.54, 1.807) is 0 Å². The average molecular weight is 419 g/mol. The number of benzene rings is 2. The highest BCUT2D eigenvalue weighted by Gasteiger charge is 2.31. The van der Waals surface area contributed by atoms with E-state index in [1.165, 1.54) is 30.5 Å². The summed E-state index contributed by atoms with van der Waals surface area (Å²) in [4.78, 5) is 26.8. The number of hydrogen-bond donors (Lipinski definition) is 1. The first-order chi connectivity index (χ1) is 14.2. The van der Waals surface area contributed by atoms with Crippen LogP contribution in [0.4, 0.5) is 23.2 Å². The Morgan fingerprint density at radius 3 is 2.37 bits per heavy atom. The van der Waals surface area contributed by atoms with Gasteiger partial charge in [-0.05, 0) is 35.9 Å². The Morgan fingerprint density at radius 1 is 1.07 bits per heavy atom. The number of non-ortho nitro benzene ring substituents is 1. The molecule has 0 saturated carbocycles. The van der Waals surface area contributed by atoms with Crippen molar-refractivity contribution in [1.82, 2.24) is 10.3 Å². The van der Waals surface area contributed by atoms with Gasteiger partial charge < -0.3 is 5.32 Å². The number of halogens is 4. The minimum atomic E-state index is -4.56. The summed E-state index contributed by atoms with van der Waals surface area (Å²) in [5, 5.41) is 13.4. The van der Waals surface area contributed by atoms with E-state index in [9.17, 15) is 32.5 Å². The molecule has 1 aromatic heterocycles. The van der Waals surface area contributed by atoms with Gasteiger partial charge in [0.2, 0.25) is 0 Å². The molecular weight excluding hydrogens is 406 g/mol. The Morgan fingerprint density at radius 2 is 1.77 bits per heavy atom. The standard InChI is InChI=1S/C20H13F4N3O3/c21-16-5-2-10-25-18(16)17(12-6-8-14(9-7-12)20(22,23)24)26-19(28)13-3-1-4-15(11-13)27(29)30/h1-11,17H,(H,26,28)/t17-/m0/s1. The predicted molar refractivity (Wildman–Crippen MR) is 98.0 cm³/mol. The molecule has 1 atom stereocenters. The average Bonchev–Trinajstić information content (AvgIpc) is 2.72. The van der Waals surface area contributed by atoms with E-state index in [1.807, 2.05) is 0 Å². The fourth-order valence-corrected chi connectivity index (χ4v) is 2.76. The summed E-state index contributed by atoms with van der Waals surface area (Å²) in [6, 6.07) is 9.89. The van der Waals surface area contributed by atoms with Gasteiger partial charge in [0.15, 0.2) is 0 Å². The lowest BCUT2D eigenvalue weighted by atomic mass is 10.00. The number of amides is 1. The number of hydrogen-bond acceptors (Lipinski definition) is 4. The molecule has 2 aromatic carbocycles. The third-order valence-corrected chi connectivity index (χ3v) is 4.23. The summed E-state index contributed by atoms with van der Waals surface area (Å²) in [5.41, 5.74) is -1.36. The molecule has 3 aromatic rings. The molecule has 1 heterocycles. The Labute approximate surface area is 167 Å². The minimum absolute atomic E-state index is 0.0718. The number of nitro groups is 1. The van der Waals surface area contributed by atoms with Crippen molar-refractivity contribution in [2.75, 3.05) is 0 Å². The Kier molecular flexibility index (Phi) is 5.77. The second-order valence-corrected chi connectivity index (χ2v) is 6.20. The van der Waals surface area contributed by atoms with Gasteiger partial charge in [0.1, 0.15) is 11.5 Å². The number of aromatic nitrogens is 1. The third-order valence-electron chi connectivity index (χ3n) is 4.23. The third kappa shape index (κ3) is 4.59. The van der Waals surface area contributed by atoms with Crippen LogP contribution in [0.15, 0.2) is 66.9 Å². The summed E-state index contributed by atoms with van der Waals surface area (Å²) in [6.07, 6.45) is -3.29. The lowest BCUT2D eigenvalue weighted by Gasteiger charge is -2.20. The summed E-state index contributed by atoms with van der Waals surface area (Å²) in [5.74, 6) is -1.56. The van der Waals surface area contributed by atoms with Crippen LogP contribution >= 0.6 is 0 Å². The lowest BCUT2D eigenvalue weighted by Crippen LogP contribution is -2.30. The molecule has 1 amide bonds. The van der Waals surface area contributed by atoms with Crippen molar-refractivity contribution < 1.29 is 27.3 Å². The van der Waals surface area contributed by atoms with Gasteiger partial charge in [-0.25, -0.2) is 4.39 Å². The van der Waals surface area contributed by atoms with Crippen molar-refractivity contribution in [1.29, 1.82) is 0 Å². The van der Waals surface area contributed by atoms with Gasteiger partial charge in [-0.1, -0.05) is 18.2 Å². The van der Waals surface area contributed by atoms with Crippen molar-refractivity contribution in [3.05, 3.63) is 105 Å². The second-order valence-electron chi connectivity index (χ2n) is 6.20. The van der Waals surface area contributed by atoms with Crippen LogP contribution in [0.1, 0.15) is 33.2 Å². The molecule has 0 aliphatic heterocycles. The molecule has 0 aliphatic rings. The van der Waals surface area contributed by atoms with Crippen molar-refractivity contribution >= 4 is 11.6 Å². The molecule has 30 heavy (non-hydrogen) atoms. The zero-order valence-electron chi connectivity index (χ0n) is 15.1. The first-order valence-corrected chi connectivity index (χ1v) is 8.49. The van der Waals surface area contributed by atoms with Crippen LogP contribution in [-0.4, -0.2) is 15.8 Å². The summed E-state index contributed by atoms with van der Waals surface area (Å²) in [7, 11) is 0. The molecular formula is C20H13F4N3O3. The quantitative estimate of drug-likeness (QED) is 0.370. The molecule has 0 unspecified atom stereocenters. The summed E-state index contributed by atoms with van der Waals surface area (Å²) < 4.78 is 52.9. The maximum absolute atomic E-state index is 14.3. The van der Waals surface area contributed by atoms with Crippen LogP contribution in [0.25, 0.3) is 0 Å². The molecule has 0 radical (unpaired) electrons. The van der Waals surface area contributed by atoms with Gasteiger partial charge in [-0.15, -0.1) is 0 Å². The molecule has 0 fully saturated rings. The molecule has 1 N–H and O–H groups in total.